The summed E-state index contributed by atoms with van der Waals surface area (Å²) in [6.07, 6.45) is 9.00. The molecule has 0 aliphatic heterocycles. The number of methoxy groups -OCH3 is 1. The summed E-state index contributed by atoms with van der Waals surface area (Å²) in [5, 5.41) is 2.96. The third kappa shape index (κ3) is 11.9. The monoisotopic (exact) mass is 259 g/mol. The number of carbonyl (C=O) groups excluding carboxylic acids is 1. The highest BCUT2D eigenvalue weighted by Gasteiger charge is 2.00. The van der Waals surface area contributed by atoms with Gasteiger partial charge in [0.15, 0.2) is 0 Å². The first-order valence-electron chi connectivity index (χ1n) is 7.46. The second-order valence-corrected chi connectivity index (χ2v) is 5.16. The number of ether oxygens (including phenoxy) is 1. The number of unbranched alkanes of at least 4 members (excludes halogenated alkanes) is 3. The largest absolute Gasteiger partial charge is 0.385 e. The zero-order chi connectivity index (χ0) is 13.6. The lowest BCUT2D eigenvalue weighted by Crippen LogP contribution is -2.24. The van der Waals surface area contributed by atoms with Crippen LogP contribution in [0, 0.1) is 5.92 Å². The van der Waals surface area contributed by atoms with Crippen LogP contribution in [0.2, 0.25) is 0 Å². The number of hydrogen-bond donors (Lipinski definition) is 1. The molecule has 1 amide bonds. The van der Waals surface area contributed by atoms with Crippen LogP contribution in [0.15, 0.2) is 0 Å². The van der Waals surface area contributed by atoms with Gasteiger partial charge in [-0.3, -0.25) is 4.79 Å². The standard InChI is InChI=1S/C15H31NO2.H2/c1-4-14(2)10-7-5-6-8-12-16-15(17)11-9-13-18-3;/h14H,4-13H2,1-3H3,(H,16,17);1H. The van der Waals surface area contributed by atoms with Crippen molar-refractivity contribution in [3.63, 3.8) is 0 Å². The Hall–Kier alpha value is -0.570. The van der Waals surface area contributed by atoms with Crippen molar-refractivity contribution in [3.8, 4) is 0 Å². The Morgan fingerprint density at radius 3 is 2.61 bits per heavy atom. The molecule has 0 saturated carbocycles. The molecule has 3 heteroatoms. The third-order valence-corrected chi connectivity index (χ3v) is 3.40. The van der Waals surface area contributed by atoms with Gasteiger partial charge in [0.05, 0.1) is 0 Å². The fraction of sp³-hybridized carbons (Fsp3) is 0.933. The molecule has 0 aromatic rings. The van der Waals surface area contributed by atoms with Gasteiger partial charge in [-0.25, -0.2) is 0 Å². The zero-order valence-electron chi connectivity index (χ0n) is 12.5. The average molecular weight is 259 g/mol. The van der Waals surface area contributed by atoms with Crippen LogP contribution >= 0.6 is 0 Å². The second kappa shape index (κ2) is 12.9. The number of nitrogens with one attached hydrogen (secondary N) is 1. The lowest BCUT2D eigenvalue weighted by molar-refractivity contribution is -0.121. The van der Waals surface area contributed by atoms with Gasteiger partial charge in [-0.15, -0.1) is 0 Å². The van der Waals surface area contributed by atoms with Gasteiger partial charge >= 0.3 is 0 Å². The van der Waals surface area contributed by atoms with E-state index < -0.39 is 0 Å². The molecule has 1 atom stereocenters. The molecule has 18 heavy (non-hydrogen) atoms. The summed E-state index contributed by atoms with van der Waals surface area (Å²) in [7, 11) is 1.66. The van der Waals surface area contributed by atoms with Crippen LogP contribution < -0.4 is 5.32 Å². The smallest absolute Gasteiger partial charge is 0.220 e. The van der Waals surface area contributed by atoms with E-state index in [1.54, 1.807) is 7.11 Å². The van der Waals surface area contributed by atoms with E-state index in [2.05, 4.69) is 19.2 Å². The number of hydrogen-bond acceptors (Lipinski definition) is 2. The summed E-state index contributed by atoms with van der Waals surface area (Å²) < 4.78 is 4.91. The summed E-state index contributed by atoms with van der Waals surface area (Å²) in [5.74, 6) is 1.03. The van der Waals surface area contributed by atoms with Gasteiger partial charge in [0.25, 0.3) is 0 Å². The molecule has 0 rings (SSSR count). The van der Waals surface area contributed by atoms with Gasteiger partial charge < -0.3 is 10.1 Å². The van der Waals surface area contributed by atoms with Crippen molar-refractivity contribution in [2.45, 2.75) is 65.2 Å². The second-order valence-electron chi connectivity index (χ2n) is 5.16. The molecule has 0 heterocycles. The highest BCUT2D eigenvalue weighted by atomic mass is 16.5. The maximum absolute atomic E-state index is 11.4. The maximum Gasteiger partial charge on any atom is 0.220 e. The molecule has 1 unspecified atom stereocenters. The van der Waals surface area contributed by atoms with Gasteiger partial charge in [0.2, 0.25) is 5.91 Å². The summed E-state index contributed by atoms with van der Waals surface area (Å²) >= 11 is 0. The van der Waals surface area contributed by atoms with E-state index in [-0.39, 0.29) is 7.33 Å². The molecule has 110 valence electrons. The Morgan fingerprint density at radius 1 is 1.22 bits per heavy atom. The van der Waals surface area contributed by atoms with E-state index in [9.17, 15) is 4.79 Å². The Labute approximate surface area is 114 Å². The van der Waals surface area contributed by atoms with Crippen molar-refractivity contribution in [3.05, 3.63) is 0 Å². The van der Waals surface area contributed by atoms with E-state index >= 15 is 0 Å². The molecule has 0 aliphatic rings. The first kappa shape index (κ1) is 17.4. The number of rotatable bonds is 12. The number of amides is 1. The highest BCUT2D eigenvalue weighted by Crippen LogP contribution is 2.12. The van der Waals surface area contributed by atoms with E-state index in [0.29, 0.717) is 13.0 Å². The zero-order valence-corrected chi connectivity index (χ0v) is 12.5. The molecule has 0 aromatic carbocycles. The van der Waals surface area contributed by atoms with Gasteiger partial charge in [-0.2, -0.15) is 0 Å². The molecular formula is C15H33NO2. The van der Waals surface area contributed by atoms with Crippen molar-refractivity contribution in [1.82, 2.24) is 5.32 Å². The Balaban J connectivity index is 0. The molecule has 0 fully saturated rings. The van der Waals surface area contributed by atoms with E-state index in [1.807, 2.05) is 0 Å². The van der Waals surface area contributed by atoms with E-state index in [4.69, 9.17) is 4.74 Å². The van der Waals surface area contributed by atoms with E-state index in [0.717, 1.165) is 25.3 Å². The topological polar surface area (TPSA) is 38.3 Å². The highest BCUT2D eigenvalue weighted by molar-refractivity contribution is 5.75. The molecule has 0 aromatic heterocycles. The fourth-order valence-corrected chi connectivity index (χ4v) is 1.87. The first-order chi connectivity index (χ1) is 8.70. The SMILES string of the molecule is CCC(C)CCCCCCNC(=O)CCCOC.[HH]. The Morgan fingerprint density at radius 2 is 1.94 bits per heavy atom. The van der Waals surface area contributed by atoms with Crippen LogP contribution in [0.1, 0.15) is 66.6 Å². The molecule has 3 nitrogen and oxygen atoms in total. The summed E-state index contributed by atoms with van der Waals surface area (Å²) in [4.78, 5) is 11.4. The Kier molecular flexibility index (Phi) is 12.5. The molecular weight excluding hydrogens is 226 g/mol. The maximum atomic E-state index is 11.4. The first-order valence-corrected chi connectivity index (χ1v) is 7.46. The normalized spacial score (nSPS) is 12.4. The van der Waals surface area contributed by atoms with Crippen molar-refractivity contribution in [2.75, 3.05) is 20.3 Å². The molecule has 0 aliphatic carbocycles. The lowest BCUT2D eigenvalue weighted by atomic mass is 10.0. The minimum Gasteiger partial charge on any atom is -0.385 e. The van der Waals surface area contributed by atoms with Crippen molar-refractivity contribution < 1.29 is 11.0 Å². The molecule has 1 N–H and O–H groups in total. The third-order valence-electron chi connectivity index (χ3n) is 3.40. The van der Waals surface area contributed by atoms with Crippen molar-refractivity contribution >= 4 is 5.91 Å². The van der Waals surface area contributed by atoms with Crippen LogP contribution in [0.3, 0.4) is 0 Å². The van der Waals surface area contributed by atoms with Crippen molar-refractivity contribution in [1.29, 1.82) is 0 Å². The van der Waals surface area contributed by atoms with Gasteiger partial charge in [0, 0.05) is 28.1 Å². The van der Waals surface area contributed by atoms with Crippen LogP contribution in [0.4, 0.5) is 0 Å². The minimum atomic E-state index is 0. The quantitative estimate of drug-likeness (QED) is 0.542. The van der Waals surface area contributed by atoms with Gasteiger partial charge in [-0.05, 0) is 18.8 Å². The minimum absolute atomic E-state index is 0. The summed E-state index contributed by atoms with van der Waals surface area (Å²) in [6.45, 7) is 6.07. The summed E-state index contributed by atoms with van der Waals surface area (Å²) in [6, 6.07) is 0. The average Bonchev–Trinajstić information content (AvgIpc) is 2.37. The van der Waals surface area contributed by atoms with Crippen molar-refractivity contribution in [2.24, 2.45) is 5.92 Å². The summed E-state index contributed by atoms with van der Waals surface area (Å²) in [5.41, 5.74) is 0. The predicted octanol–water partition coefficient (Wildman–Crippen LogP) is 3.77. The molecule has 0 saturated heterocycles. The Bertz CT molecular complexity index is 201. The molecule has 0 spiro atoms. The van der Waals surface area contributed by atoms with Crippen LogP contribution in [0.25, 0.3) is 0 Å². The molecule has 0 radical (unpaired) electrons. The van der Waals surface area contributed by atoms with Gasteiger partial charge in [-0.1, -0.05) is 46.0 Å². The van der Waals surface area contributed by atoms with E-state index in [1.165, 1.54) is 32.1 Å². The van der Waals surface area contributed by atoms with Crippen LogP contribution in [0.5, 0.6) is 0 Å². The number of carbonyl (C=O) groups is 1. The van der Waals surface area contributed by atoms with Gasteiger partial charge in [0.1, 0.15) is 0 Å². The van der Waals surface area contributed by atoms with Crippen LogP contribution in [-0.2, 0) is 9.53 Å². The molecule has 0 bridgehead atoms. The predicted molar refractivity (Wildman–Crippen MR) is 78.8 cm³/mol. The van der Waals surface area contributed by atoms with Crippen LogP contribution in [-0.4, -0.2) is 26.2 Å². The fourth-order valence-electron chi connectivity index (χ4n) is 1.87. The lowest BCUT2D eigenvalue weighted by Gasteiger charge is -2.08.